The lowest BCUT2D eigenvalue weighted by Gasteiger charge is -2.21. The van der Waals surface area contributed by atoms with Crippen LogP contribution in [0.25, 0.3) is 145 Å². The third-order valence-corrected chi connectivity index (χ3v) is 13.4. The van der Waals surface area contributed by atoms with Crippen molar-refractivity contribution in [3.63, 3.8) is 0 Å². The summed E-state index contributed by atoms with van der Waals surface area (Å²) in [7, 11) is 0. The predicted molar refractivity (Wildman–Crippen MR) is 287 cm³/mol. The third-order valence-electron chi connectivity index (χ3n) is 13.4. The average Bonchev–Trinajstić information content (AvgIpc) is 3.46. The van der Waals surface area contributed by atoms with Crippen LogP contribution in [0, 0.1) is 0 Å². The van der Waals surface area contributed by atoms with Crippen LogP contribution in [0.1, 0.15) is 0 Å². The van der Waals surface area contributed by atoms with Crippen LogP contribution >= 0.6 is 0 Å². The molecule has 0 aliphatic rings. The van der Waals surface area contributed by atoms with Gasteiger partial charge in [-0.05, 0) is 115 Å². The van der Waals surface area contributed by atoms with Crippen LogP contribution in [0.4, 0.5) is 0 Å². The van der Waals surface area contributed by atoms with Crippen molar-refractivity contribution in [3.8, 4) is 90.6 Å². The van der Waals surface area contributed by atoms with Gasteiger partial charge in [0.15, 0.2) is 34.9 Å². The molecule has 0 N–H and O–H groups in total. The van der Waals surface area contributed by atoms with Gasteiger partial charge in [0.25, 0.3) is 0 Å². The first-order valence-electron chi connectivity index (χ1n) is 23.6. The zero-order valence-corrected chi connectivity index (χ0v) is 38.3. The van der Waals surface area contributed by atoms with Gasteiger partial charge in [0.05, 0.1) is 11.0 Å². The Labute approximate surface area is 411 Å². The largest absolute Gasteiger partial charge is 0.265 e. The number of nitrogens with zero attached hydrogens (tertiary/aromatic N) is 10. The molecule has 0 aliphatic heterocycles. The van der Waals surface area contributed by atoms with Crippen molar-refractivity contribution in [2.45, 2.75) is 0 Å². The van der Waals surface area contributed by atoms with Gasteiger partial charge in [0.2, 0.25) is 0 Å². The normalized spacial score (nSPS) is 11.6. The van der Waals surface area contributed by atoms with Gasteiger partial charge < -0.3 is 0 Å². The number of hydrogen-bond donors (Lipinski definition) is 0. The van der Waals surface area contributed by atoms with Crippen molar-refractivity contribution < 1.29 is 0 Å². The summed E-state index contributed by atoms with van der Waals surface area (Å²) in [4.78, 5) is 49.5. The molecule has 0 radical (unpaired) electrons. The molecule has 6 aromatic heterocycles. The molecule has 0 fully saturated rings. The number of benzene rings is 8. The molecule has 14 rings (SSSR count). The maximum absolute atomic E-state index is 5.35. The summed E-state index contributed by atoms with van der Waals surface area (Å²) in [5.41, 5.74) is 11.0. The van der Waals surface area contributed by atoms with Crippen LogP contribution in [-0.4, -0.2) is 49.8 Å². The second-order valence-electron chi connectivity index (χ2n) is 17.7. The first-order chi connectivity index (χ1) is 35.7. The SMILES string of the molecule is c1ccc(-c2cc(-c3nc(-c4ccncc4)nc(-c4ccc5cccnc5c4)n3)c3ccc4c(-c5ccccc5)cc(-c5nc(-c6ccncc6)nc(-c6ccc7cccnc7c6)n5)c5ccc2c3c45)cc1. The Balaban J connectivity index is 1.08. The van der Waals surface area contributed by atoms with Crippen molar-refractivity contribution in [2.75, 3.05) is 0 Å². The number of rotatable bonds is 8. The average molecular weight is 921 g/mol. The van der Waals surface area contributed by atoms with E-state index in [1.807, 2.05) is 60.7 Å². The molecule has 72 heavy (non-hydrogen) atoms. The van der Waals surface area contributed by atoms with Gasteiger partial charge in [-0.15, -0.1) is 0 Å². The lowest BCUT2D eigenvalue weighted by atomic mass is 9.83. The molecule has 10 nitrogen and oxygen atoms in total. The maximum Gasteiger partial charge on any atom is 0.164 e. The van der Waals surface area contributed by atoms with E-state index in [1.165, 1.54) is 0 Å². The van der Waals surface area contributed by atoms with Gasteiger partial charge in [-0.2, -0.15) is 0 Å². The molecule has 0 unspecified atom stereocenters. The van der Waals surface area contributed by atoms with Crippen LogP contribution in [0.3, 0.4) is 0 Å². The Morgan fingerprint density at radius 3 is 1.03 bits per heavy atom. The predicted octanol–water partition coefficient (Wildman–Crippen LogP) is 14.2. The van der Waals surface area contributed by atoms with E-state index in [9.17, 15) is 0 Å². The Bertz CT molecular complexity index is 4100. The summed E-state index contributed by atoms with van der Waals surface area (Å²) in [6.45, 7) is 0. The number of fused-ring (bicyclic) bond motifs is 2. The summed E-state index contributed by atoms with van der Waals surface area (Å²) < 4.78 is 0. The van der Waals surface area contributed by atoms with Crippen LogP contribution in [0.15, 0.2) is 219 Å². The van der Waals surface area contributed by atoms with Crippen LogP contribution in [0.2, 0.25) is 0 Å². The summed E-state index contributed by atoms with van der Waals surface area (Å²) in [6.07, 6.45) is 10.7. The van der Waals surface area contributed by atoms with Gasteiger partial charge in [0.1, 0.15) is 0 Å². The molecule has 14 aromatic rings. The smallest absolute Gasteiger partial charge is 0.164 e. The van der Waals surface area contributed by atoms with Gasteiger partial charge in [-0.1, -0.05) is 121 Å². The fraction of sp³-hybridized carbons (Fsp3) is 0. The minimum Gasteiger partial charge on any atom is -0.265 e. The van der Waals surface area contributed by atoms with Crippen molar-refractivity contribution in [3.05, 3.63) is 219 Å². The monoisotopic (exact) mass is 920 g/mol. The molecule has 334 valence electrons. The van der Waals surface area contributed by atoms with Crippen molar-refractivity contribution >= 4 is 54.1 Å². The number of hydrogen-bond acceptors (Lipinski definition) is 10. The number of aromatic nitrogens is 10. The van der Waals surface area contributed by atoms with E-state index < -0.39 is 0 Å². The molecular weight excluding hydrogens is 885 g/mol. The lowest BCUT2D eigenvalue weighted by molar-refractivity contribution is 1.07. The Kier molecular flexibility index (Phi) is 9.59. The molecule has 0 bridgehead atoms. The summed E-state index contributed by atoms with van der Waals surface area (Å²) >= 11 is 0. The van der Waals surface area contributed by atoms with Crippen LogP contribution < -0.4 is 0 Å². The second kappa shape index (κ2) is 16.9. The first-order valence-corrected chi connectivity index (χ1v) is 23.6. The molecule has 0 amide bonds. The van der Waals surface area contributed by atoms with Gasteiger partial charge in [-0.25, -0.2) is 29.9 Å². The summed E-state index contributed by atoms with van der Waals surface area (Å²) in [5.74, 6) is 3.24. The Morgan fingerprint density at radius 2 is 0.611 bits per heavy atom. The highest BCUT2D eigenvalue weighted by molar-refractivity contribution is 6.31. The maximum atomic E-state index is 5.35. The summed E-state index contributed by atoms with van der Waals surface area (Å²) in [5, 5.41) is 8.40. The Hall–Kier alpha value is -10.1. The summed E-state index contributed by atoms with van der Waals surface area (Å²) in [6, 6.07) is 62.5. The fourth-order valence-electron chi connectivity index (χ4n) is 10.00. The first kappa shape index (κ1) is 41.0. The Morgan fingerprint density at radius 1 is 0.236 bits per heavy atom. The fourth-order valence-corrected chi connectivity index (χ4v) is 10.00. The minimum absolute atomic E-state index is 0.539. The van der Waals surface area contributed by atoms with E-state index in [0.717, 1.165) is 110 Å². The van der Waals surface area contributed by atoms with Crippen molar-refractivity contribution in [1.82, 2.24) is 49.8 Å². The standard InChI is InChI=1S/C62H36N10/c1-3-9-37(10-4-1)49-35-51(61-69-57(41-23-29-63-30-24-41)67-59(71-61)43-17-15-39-13-7-27-65-53(39)33-43)47-22-20-46-50(38-11-5-2-6-12-38)36-52(48-21-19-45(49)55(47)56(46)48)62-70-58(42-25-31-64-32-26-42)68-60(72-62)44-18-16-40-14-8-28-66-54(40)34-44/h1-36H. The van der Waals surface area contributed by atoms with Crippen LogP contribution in [-0.2, 0) is 0 Å². The van der Waals surface area contributed by atoms with Crippen LogP contribution in [0.5, 0.6) is 0 Å². The van der Waals surface area contributed by atoms with Gasteiger partial charge in [0, 0.05) is 81.3 Å². The molecular formula is C62H36N10. The van der Waals surface area contributed by atoms with E-state index in [4.69, 9.17) is 29.9 Å². The quantitative estimate of drug-likeness (QED) is 0.136. The van der Waals surface area contributed by atoms with Crippen molar-refractivity contribution in [2.24, 2.45) is 0 Å². The highest BCUT2D eigenvalue weighted by Crippen LogP contribution is 2.48. The minimum atomic E-state index is 0.539. The zero-order valence-electron chi connectivity index (χ0n) is 38.3. The highest BCUT2D eigenvalue weighted by Gasteiger charge is 2.25. The molecule has 8 aromatic carbocycles. The highest BCUT2D eigenvalue weighted by atomic mass is 15.0. The van der Waals surface area contributed by atoms with Gasteiger partial charge in [-0.3, -0.25) is 19.9 Å². The number of pyridine rings is 4. The molecule has 0 saturated heterocycles. The topological polar surface area (TPSA) is 129 Å². The zero-order chi connectivity index (χ0) is 47.5. The van der Waals surface area contributed by atoms with E-state index in [0.29, 0.717) is 34.9 Å². The van der Waals surface area contributed by atoms with Gasteiger partial charge >= 0.3 is 0 Å². The molecule has 0 atom stereocenters. The van der Waals surface area contributed by atoms with E-state index in [1.54, 1.807) is 37.2 Å². The van der Waals surface area contributed by atoms with Crippen molar-refractivity contribution in [1.29, 1.82) is 0 Å². The second-order valence-corrected chi connectivity index (χ2v) is 17.7. The molecule has 10 heteroatoms. The third kappa shape index (κ3) is 7.04. The molecule has 0 spiro atoms. The molecule has 6 heterocycles. The molecule has 0 aliphatic carbocycles. The lowest BCUT2D eigenvalue weighted by Crippen LogP contribution is -2.02. The molecule has 0 saturated carbocycles. The van der Waals surface area contributed by atoms with E-state index >= 15 is 0 Å². The van der Waals surface area contributed by atoms with E-state index in [2.05, 4.69) is 141 Å². The van der Waals surface area contributed by atoms with E-state index in [-0.39, 0.29) is 0 Å².